The van der Waals surface area contributed by atoms with Gasteiger partial charge in [0.15, 0.2) is 0 Å². The summed E-state index contributed by atoms with van der Waals surface area (Å²) in [5, 5.41) is 1.04. The summed E-state index contributed by atoms with van der Waals surface area (Å²) in [7, 11) is 1.69. The molecule has 1 saturated heterocycles. The standard InChI is InChI=1S/C24H25Cl2N3O4S/c1-3-31-23(30)28(2)18-5-7-20(8-6-18)34-14-19-13-32-24(33-19,15-29-11-10-27-16-29)21-9-4-17(25)12-22(21)26/h4-12,16,19H,3,13-15H2,1-2H3. The van der Waals surface area contributed by atoms with Crippen molar-refractivity contribution in [2.24, 2.45) is 0 Å². The molecule has 0 spiro atoms. The van der Waals surface area contributed by atoms with Crippen molar-refractivity contribution in [1.82, 2.24) is 9.55 Å². The number of carbonyl (C=O) groups excluding carboxylic acids is 1. The van der Waals surface area contributed by atoms with Crippen LogP contribution in [-0.2, 0) is 26.5 Å². The number of ether oxygens (including phenoxy) is 3. The topological polar surface area (TPSA) is 65.8 Å². The SMILES string of the molecule is CCOC(=O)N(C)c1ccc(SCC2COC(Cn3ccnc3)(c3ccc(Cl)cc3Cl)O2)cc1. The van der Waals surface area contributed by atoms with Crippen molar-refractivity contribution >= 4 is 46.7 Å². The maximum Gasteiger partial charge on any atom is 0.413 e. The molecule has 7 nitrogen and oxygen atoms in total. The molecule has 1 amide bonds. The fourth-order valence-electron chi connectivity index (χ4n) is 3.66. The number of rotatable bonds is 8. The second-order valence-electron chi connectivity index (χ2n) is 7.73. The van der Waals surface area contributed by atoms with Crippen molar-refractivity contribution in [2.45, 2.75) is 30.3 Å². The molecule has 0 bridgehead atoms. The Bertz CT molecular complexity index is 1110. The van der Waals surface area contributed by atoms with Crippen molar-refractivity contribution in [3.63, 3.8) is 0 Å². The number of anilines is 1. The van der Waals surface area contributed by atoms with Crippen LogP contribution in [0.5, 0.6) is 0 Å². The number of hydrogen-bond acceptors (Lipinski definition) is 6. The number of nitrogens with zero attached hydrogens (tertiary/aromatic N) is 3. The van der Waals surface area contributed by atoms with Crippen molar-refractivity contribution in [2.75, 3.05) is 30.9 Å². The van der Waals surface area contributed by atoms with E-state index in [4.69, 9.17) is 37.4 Å². The number of halogens is 2. The molecule has 0 radical (unpaired) electrons. The summed E-state index contributed by atoms with van der Waals surface area (Å²) in [4.78, 5) is 18.6. The summed E-state index contributed by atoms with van der Waals surface area (Å²) >= 11 is 14.3. The molecular weight excluding hydrogens is 497 g/mol. The minimum Gasteiger partial charge on any atom is -0.449 e. The van der Waals surface area contributed by atoms with Crippen molar-refractivity contribution < 1.29 is 19.0 Å². The van der Waals surface area contributed by atoms with E-state index in [-0.39, 0.29) is 12.2 Å². The van der Waals surface area contributed by atoms with Gasteiger partial charge in [-0.05, 0) is 43.3 Å². The molecule has 3 aromatic rings. The van der Waals surface area contributed by atoms with Gasteiger partial charge in [0.25, 0.3) is 0 Å². The highest BCUT2D eigenvalue weighted by Gasteiger charge is 2.45. The number of amides is 1. The molecule has 1 aliphatic rings. The third kappa shape index (κ3) is 5.70. The summed E-state index contributed by atoms with van der Waals surface area (Å²) < 4.78 is 19.7. The molecule has 2 unspecified atom stereocenters. The summed E-state index contributed by atoms with van der Waals surface area (Å²) in [6.45, 7) is 2.95. The Hall–Kier alpha value is -2.23. The van der Waals surface area contributed by atoms with Gasteiger partial charge < -0.3 is 18.8 Å². The van der Waals surface area contributed by atoms with Crippen LogP contribution in [0.1, 0.15) is 12.5 Å². The maximum absolute atomic E-state index is 11.9. The van der Waals surface area contributed by atoms with Crippen LogP contribution < -0.4 is 4.90 Å². The van der Waals surface area contributed by atoms with E-state index in [1.165, 1.54) is 4.90 Å². The molecule has 0 aliphatic carbocycles. The van der Waals surface area contributed by atoms with E-state index < -0.39 is 5.79 Å². The average Bonchev–Trinajstić information content (AvgIpc) is 3.48. The number of carbonyl (C=O) groups is 1. The summed E-state index contributed by atoms with van der Waals surface area (Å²) in [6.07, 6.45) is 4.75. The highest BCUT2D eigenvalue weighted by atomic mass is 35.5. The predicted molar refractivity (Wildman–Crippen MR) is 134 cm³/mol. The number of thioether (sulfide) groups is 1. The fourth-order valence-corrected chi connectivity index (χ4v) is 5.08. The van der Waals surface area contributed by atoms with Gasteiger partial charge in [-0.3, -0.25) is 4.90 Å². The Balaban J connectivity index is 1.43. The molecule has 1 fully saturated rings. The molecule has 2 atom stereocenters. The second kappa shape index (κ2) is 11.0. The third-order valence-corrected chi connectivity index (χ3v) is 7.04. The van der Waals surface area contributed by atoms with Gasteiger partial charge in [-0.1, -0.05) is 29.3 Å². The van der Waals surface area contributed by atoms with Gasteiger partial charge >= 0.3 is 6.09 Å². The lowest BCUT2D eigenvalue weighted by atomic mass is 10.1. The fraction of sp³-hybridized carbons (Fsp3) is 0.333. The van der Waals surface area contributed by atoms with E-state index >= 15 is 0 Å². The molecule has 34 heavy (non-hydrogen) atoms. The average molecular weight is 522 g/mol. The van der Waals surface area contributed by atoms with Crippen molar-refractivity contribution in [3.05, 3.63) is 76.8 Å². The first-order valence-electron chi connectivity index (χ1n) is 10.8. The molecule has 180 valence electrons. The van der Waals surface area contributed by atoms with E-state index in [1.807, 2.05) is 41.1 Å². The van der Waals surface area contributed by atoms with Crippen LogP contribution >= 0.6 is 35.0 Å². The molecule has 1 aromatic heterocycles. The Morgan fingerprint density at radius 2 is 2.09 bits per heavy atom. The number of hydrogen-bond donors (Lipinski definition) is 0. The highest BCUT2D eigenvalue weighted by molar-refractivity contribution is 7.99. The number of imidazole rings is 1. The van der Waals surface area contributed by atoms with Gasteiger partial charge in [0.1, 0.15) is 0 Å². The zero-order chi connectivity index (χ0) is 24.1. The van der Waals surface area contributed by atoms with Crippen molar-refractivity contribution in [1.29, 1.82) is 0 Å². The molecule has 1 aliphatic heterocycles. The smallest absolute Gasteiger partial charge is 0.413 e. The first-order chi connectivity index (χ1) is 16.4. The Kier molecular flexibility index (Phi) is 8.06. The van der Waals surface area contributed by atoms with Crippen LogP contribution in [0.3, 0.4) is 0 Å². The zero-order valence-electron chi connectivity index (χ0n) is 18.8. The zero-order valence-corrected chi connectivity index (χ0v) is 21.1. The minimum absolute atomic E-state index is 0.151. The lowest BCUT2D eigenvalue weighted by Crippen LogP contribution is -2.34. The molecule has 2 heterocycles. The van der Waals surface area contributed by atoms with Gasteiger partial charge in [-0.25, -0.2) is 9.78 Å². The molecule has 0 saturated carbocycles. The summed E-state index contributed by atoms with van der Waals surface area (Å²) in [5.41, 5.74) is 1.49. The molecule has 2 aromatic carbocycles. The van der Waals surface area contributed by atoms with Crippen LogP contribution in [0.25, 0.3) is 0 Å². The summed E-state index contributed by atoms with van der Waals surface area (Å²) in [6, 6.07) is 13.0. The van der Waals surface area contributed by atoms with Gasteiger partial charge in [0, 0.05) is 46.4 Å². The minimum atomic E-state index is -1.04. The lowest BCUT2D eigenvalue weighted by Gasteiger charge is -2.30. The van der Waals surface area contributed by atoms with Gasteiger partial charge in [0.2, 0.25) is 5.79 Å². The van der Waals surface area contributed by atoms with E-state index in [1.54, 1.807) is 50.4 Å². The molecule has 0 N–H and O–H groups in total. The Labute approximate surface area is 212 Å². The van der Waals surface area contributed by atoms with E-state index in [0.717, 1.165) is 16.1 Å². The van der Waals surface area contributed by atoms with E-state index in [9.17, 15) is 4.79 Å². The van der Waals surface area contributed by atoms with Crippen LogP contribution in [0.4, 0.5) is 10.5 Å². The maximum atomic E-state index is 11.9. The monoisotopic (exact) mass is 521 g/mol. The lowest BCUT2D eigenvalue weighted by molar-refractivity contribution is -0.184. The first-order valence-corrected chi connectivity index (χ1v) is 12.5. The summed E-state index contributed by atoms with van der Waals surface area (Å²) in [5.74, 6) is -0.357. The van der Waals surface area contributed by atoms with Gasteiger partial charge in [-0.2, -0.15) is 0 Å². The first kappa shape index (κ1) is 24.9. The van der Waals surface area contributed by atoms with Gasteiger partial charge in [-0.15, -0.1) is 11.8 Å². The Morgan fingerprint density at radius 1 is 1.29 bits per heavy atom. The third-order valence-electron chi connectivity index (χ3n) is 5.35. The molecule has 10 heteroatoms. The van der Waals surface area contributed by atoms with Crippen LogP contribution in [-0.4, -0.2) is 47.8 Å². The van der Waals surface area contributed by atoms with Crippen LogP contribution in [0.2, 0.25) is 10.0 Å². The molecule has 4 rings (SSSR count). The van der Waals surface area contributed by atoms with Crippen LogP contribution in [0.15, 0.2) is 66.1 Å². The Morgan fingerprint density at radius 3 is 2.76 bits per heavy atom. The second-order valence-corrected chi connectivity index (χ2v) is 9.66. The number of aromatic nitrogens is 2. The normalized spacial score (nSPS) is 19.8. The van der Waals surface area contributed by atoms with E-state index in [2.05, 4.69) is 4.98 Å². The van der Waals surface area contributed by atoms with Gasteiger partial charge in [0.05, 0.1) is 37.2 Å². The molecular formula is C24H25Cl2N3O4S. The van der Waals surface area contributed by atoms with Crippen molar-refractivity contribution in [3.8, 4) is 0 Å². The highest BCUT2D eigenvalue weighted by Crippen LogP contribution is 2.41. The van der Waals surface area contributed by atoms with Crippen LogP contribution in [0, 0.1) is 0 Å². The largest absolute Gasteiger partial charge is 0.449 e. The predicted octanol–water partition coefficient (Wildman–Crippen LogP) is 5.84. The van der Waals surface area contributed by atoms with E-state index in [0.29, 0.717) is 35.6 Å². The quantitative estimate of drug-likeness (QED) is 0.346. The number of benzene rings is 2.